The fourth-order valence-electron chi connectivity index (χ4n) is 0.570. The van der Waals surface area contributed by atoms with Gasteiger partial charge in [0.25, 0.3) is 0 Å². The van der Waals surface area contributed by atoms with Gasteiger partial charge in [0.2, 0.25) is 0 Å². The lowest BCUT2D eigenvalue weighted by Gasteiger charge is -2.17. The molecule has 1 rings (SSSR count). The summed E-state index contributed by atoms with van der Waals surface area (Å²) in [5.41, 5.74) is 0. The molecule has 1 aliphatic rings. The lowest BCUT2D eigenvalue weighted by molar-refractivity contribution is -0.0664. The van der Waals surface area contributed by atoms with E-state index in [2.05, 4.69) is 4.84 Å². The first-order valence-electron chi connectivity index (χ1n) is 2.36. The molecule has 1 atom stereocenters. The summed E-state index contributed by atoms with van der Waals surface area (Å²) < 4.78 is 0. The van der Waals surface area contributed by atoms with Crippen LogP contribution in [0.5, 0.6) is 0 Å². The van der Waals surface area contributed by atoms with E-state index in [4.69, 9.17) is 0 Å². The van der Waals surface area contributed by atoms with Crippen LogP contribution in [0.4, 0.5) is 0 Å². The Morgan fingerprint density at radius 1 is 1.86 bits per heavy atom. The summed E-state index contributed by atoms with van der Waals surface area (Å²) in [5, 5.41) is 10.8. The predicted molar refractivity (Wildman–Crippen MR) is 25.2 cm³/mol. The van der Waals surface area contributed by atoms with Crippen LogP contribution in [0.15, 0.2) is 0 Å². The molecule has 0 aromatic carbocycles. The average Bonchev–Trinajstić information content (AvgIpc) is 1.87. The lowest BCUT2D eigenvalue weighted by atomic mass is 10.2. The molecule has 0 aromatic heterocycles. The van der Waals surface area contributed by atoms with E-state index in [-0.39, 0.29) is 0 Å². The lowest BCUT2D eigenvalue weighted by Crippen LogP contribution is -2.08. The Labute approximate surface area is 42.4 Å². The van der Waals surface area contributed by atoms with Crippen molar-refractivity contribution in [3.05, 3.63) is 5.21 Å². The largest absolute Gasteiger partial charge is 0.762 e. The molecule has 0 N–H and O–H groups in total. The van der Waals surface area contributed by atoms with Gasteiger partial charge in [0.05, 0.1) is 6.61 Å². The fourth-order valence-corrected chi connectivity index (χ4v) is 0.570. The number of nitrogens with zero attached hydrogens (tertiary/aromatic N) is 1. The number of hydroxylamine groups is 2. The zero-order chi connectivity index (χ0) is 5.28. The maximum Gasteiger partial charge on any atom is 0.0711 e. The van der Waals surface area contributed by atoms with Gasteiger partial charge >= 0.3 is 0 Å². The van der Waals surface area contributed by atoms with Crippen LogP contribution in [0.2, 0.25) is 0 Å². The van der Waals surface area contributed by atoms with E-state index in [1.807, 2.05) is 6.92 Å². The summed E-state index contributed by atoms with van der Waals surface area (Å²) in [4.78, 5) is 4.54. The second kappa shape index (κ2) is 1.78. The Morgan fingerprint density at radius 3 is 2.71 bits per heavy atom. The normalized spacial score (nSPS) is 34.3. The second-order valence-electron chi connectivity index (χ2n) is 1.92. The van der Waals surface area contributed by atoms with Gasteiger partial charge in [-0.15, -0.1) is 0 Å². The Morgan fingerprint density at radius 2 is 2.57 bits per heavy atom. The highest BCUT2D eigenvalue weighted by Crippen LogP contribution is 2.07. The van der Waals surface area contributed by atoms with Crippen LogP contribution in [0.25, 0.3) is 0 Å². The maximum atomic E-state index is 10.1. The van der Waals surface area contributed by atoms with Crippen molar-refractivity contribution >= 4 is 0 Å². The number of rotatable bonds is 0. The van der Waals surface area contributed by atoms with Crippen molar-refractivity contribution in [1.82, 2.24) is 5.23 Å². The molecule has 1 aliphatic heterocycles. The molecule has 3 heteroatoms. The molecule has 0 spiro atoms. The van der Waals surface area contributed by atoms with E-state index in [0.29, 0.717) is 24.3 Å². The van der Waals surface area contributed by atoms with Crippen LogP contribution in [-0.4, -0.2) is 18.4 Å². The van der Waals surface area contributed by atoms with Crippen LogP contribution < -0.4 is 0 Å². The Kier molecular flexibility index (Phi) is 1.27. The van der Waals surface area contributed by atoms with Gasteiger partial charge in [0.15, 0.2) is 0 Å². The highest BCUT2D eigenvalue weighted by Gasteiger charge is 2.10. The maximum absolute atomic E-state index is 10.1. The van der Waals surface area contributed by atoms with Crippen LogP contribution in [-0.2, 0) is 4.84 Å². The molecule has 0 bridgehead atoms. The molecular formula is C4H8NO2-. The average molecular weight is 102 g/mol. The molecule has 42 valence electrons. The molecule has 0 aromatic rings. The summed E-state index contributed by atoms with van der Waals surface area (Å²) >= 11 is 0. The zero-order valence-corrected chi connectivity index (χ0v) is 4.26. The monoisotopic (exact) mass is 102 g/mol. The minimum absolute atomic E-state index is 0.414. The standard InChI is InChI=1S/C4H8NO2/c1-4-2-5(6)7-3-4/h4H,2-3H2,1H3/q-1. The summed E-state index contributed by atoms with van der Waals surface area (Å²) in [6, 6.07) is 0. The van der Waals surface area contributed by atoms with Crippen molar-refractivity contribution in [2.45, 2.75) is 6.92 Å². The van der Waals surface area contributed by atoms with Gasteiger partial charge in [-0.3, -0.25) is 5.23 Å². The molecule has 1 heterocycles. The Hall–Kier alpha value is -0.120. The molecule has 0 saturated carbocycles. The van der Waals surface area contributed by atoms with E-state index in [9.17, 15) is 5.21 Å². The number of hydrogen-bond acceptors (Lipinski definition) is 3. The van der Waals surface area contributed by atoms with Crippen molar-refractivity contribution in [2.24, 2.45) is 5.92 Å². The van der Waals surface area contributed by atoms with E-state index in [1.54, 1.807) is 0 Å². The van der Waals surface area contributed by atoms with Gasteiger partial charge in [-0.05, 0) is 5.92 Å². The molecule has 0 amide bonds. The van der Waals surface area contributed by atoms with E-state index in [1.165, 1.54) is 0 Å². The molecule has 7 heavy (non-hydrogen) atoms. The second-order valence-corrected chi connectivity index (χ2v) is 1.92. The van der Waals surface area contributed by atoms with Gasteiger partial charge in [0.1, 0.15) is 0 Å². The quantitative estimate of drug-likeness (QED) is 0.443. The third kappa shape index (κ3) is 1.12. The minimum atomic E-state index is 0.414. The van der Waals surface area contributed by atoms with Crippen LogP contribution >= 0.6 is 0 Å². The first-order chi connectivity index (χ1) is 3.29. The molecule has 0 radical (unpaired) electrons. The summed E-state index contributed by atoms with van der Waals surface area (Å²) in [5.74, 6) is 0.414. The van der Waals surface area contributed by atoms with Gasteiger partial charge in [0, 0.05) is 6.54 Å². The fraction of sp³-hybridized carbons (Fsp3) is 1.00. The van der Waals surface area contributed by atoms with E-state index in [0.717, 1.165) is 0 Å². The van der Waals surface area contributed by atoms with E-state index < -0.39 is 0 Å². The third-order valence-electron chi connectivity index (χ3n) is 0.964. The summed E-state index contributed by atoms with van der Waals surface area (Å²) in [6.07, 6.45) is 0. The van der Waals surface area contributed by atoms with E-state index >= 15 is 0 Å². The molecule has 1 unspecified atom stereocenters. The molecule has 3 nitrogen and oxygen atoms in total. The molecule has 0 aliphatic carbocycles. The topological polar surface area (TPSA) is 35.5 Å². The van der Waals surface area contributed by atoms with Gasteiger partial charge in [-0.2, -0.15) is 0 Å². The highest BCUT2D eigenvalue weighted by molar-refractivity contribution is 4.60. The van der Waals surface area contributed by atoms with Crippen LogP contribution in [0, 0.1) is 11.1 Å². The van der Waals surface area contributed by atoms with Crippen molar-refractivity contribution in [3.8, 4) is 0 Å². The summed E-state index contributed by atoms with van der Waals surface area (Å²) in [7, 11) is 0. The Balaban J connectivity index is 2.26. The van der Waals surface area contributed by atoms with Gasteiger partial charge < -0.3 is 10.0 Å². The SMILES string of the molecule is CC1CON([O-])C1. The first kappa shape index (κ1) is 5.03. The smallest absolute Gasteiger partial charge is 0.0711 e. The van der Waals surface area contributed by atoms with Crippen LogP contribution in [0.3, 0.4) is 0 Å². The summed E-state index contributed by atoms with van der Waals surface area (Å²) in [6.45, 7) is 3.10. The van der Waals surface area contributed by atoms with Gasteiger partial charge in [-0.1, -0.05) is 6.92 Å². The molecular weight excluding hydrogens is 94.0 g/mol. The highest BCUT2D eigenvalue weighted by atomic mass is 16.9. The Bertz CT molecular complexity index is 58.7. The zero-order valence-electron chi connectivity index (χ0n) is 4.26. The number of hydrogen-bond donors (Lipinski definition) is 0. The van der Waals surface area contributed by atoms with Crippen molar-refractivity contribution in [1.29, 1.82) is 0 Å². The third-order valence-corrected chi connectivity index (χ3v) is 0.964. The van der Waals surface area contributed by atoms with Crippen molar-refractivity contribution < 1.29 is 4.84 Å². The van der Waals surface area contributed by atoms with Crippen molar-refractivity contribution in [3.63, 3.8) is 0 Å². The minimum Gasteiger partial charge on any atom is -0.762 e. The van der Waals surface area contributed by atoms with Gasteiger partial charge in [-0.25, -0.2) is 0 Å². The molecule has 1 saturated heterocycles. The molecule has 1 fully saturated rings. The first-order valence-corrected chi connectivity index (χ1v) is 2.36. The van der Waals surface area contributed by atoms with Crippen LogP contribution in [0.1, 0.15) is 6.92 Å². The van der Waals surface area contributed by atoms with Crippen molar-refractivity contribution in [2.75, 3.05) is 13.2 Å². The predicted octanol–water partition coefficient (Wildman–Crippen LogP) is 0.368.